The number of benzene rings is 1. The molecule has 1 aromatic carbocycles. The number of carbonyl (C=O) groups is 1. The van der Waals surface area contributed by atoms with Gasteiger partial charge in [-0.15, -0.1) is 0 Å². The van der Waals surface area contributed by atoms with E-state index in [1.165, 1.54) is 11.1 Å². The Morgan fingerprint density at radius 3 is 2.86 bits per heavy atom. The maximum absolute atomic E-state index is 12.0. The van der Waals surface area contributed by atoms with Gasteiger partial charge in [0, 0.05) is 17.9 Å². The summed E-state index contributed by atoms with van der Waals surface area (Å²) in [5.74, 6) is 1.76. The van der Waals surface area contributed by atoms with Crippen molar-refractivity contribution in [3.05, 3.63) is 29.3 Å². The van der Waals surface area contributed by atoms with Crippen LogP contribution < -0.4 is 10.1 Å². The van der Waals surface area contributed by atoms with Crippen molar-refractivity contribution in [3.8, 4) is 5.75 Å². The normalized spacial score (nSPS) is 27.8. The van der Waals surface area contributed by atoms with Crippen molar-refractivity contribution in [1.82, 2.24) is 5.32 Å². The third kappa shape index (κ3) is 2.66. The second-order valence-electron chi connectivity index (χ2n) is 7.10. The number of hydrogen-bond acceptors (Lipinski definition) is 2. The highest BCUT2D eigenvalue weighted by molar-refractivity contribution is 5.80. The van der Waals surface area contributed by atoms with E-state index in [9.17, 15) is 4.79 Å². The first-order chi connectivity index (χ1) is 10.0. The molecule has 1 aromatic rings. The maximum Gasteiger partial charge on any atom is 0.220 e. The van der Waals surface area contributed by atoms with Crippen LogP contribution in [-0.4, -0.2) is 19.1 Å². The minimum absolute atomic E-state index is 0.112. The number of methoxy groups -OCH3 is 1. The number of carbonyl (C=O) groups excluding carboxylic acids is 1. The molecule has 1 saturated heterocycles. The molecule has 1 N–H and O–H groups in total. The van der Waals surface area contributed by atoms with Crippen LogP contribution in [0.25, 0.3) is 0 Å². The van der Waals surface area contributed by atoms with Gasteiger partial charge in [-0.25, -0.2) is 0 Å². The molecule has 0 bridgehead atoms. The Balaban J connectivity index is 1.90. The van der Waals surface area contributed by atoms with Crippen molar-refractivity contribution in [2.45, 2.75) is 52.0 Å². The van der Waals surface area contributed by atoms with Crippen LogP contribution in [0.2, 0.25) is 0 Å². The van der Waals surface area contributed by atoms with E-state index in [0.29, 0.717) is 18.4 Å². The van der Waals surface area contributed by atoms with Crippen molar-refractivity contribution in [2.75, 3.05) is 7.11 Å². The summed E-state index contributed by atoms with van der Waals surface area (Å²) in [4.78, 5) is 12.0. The van der Waals surface area contributed by atoms with E-state index in [1.807, 2.05) is 6.07 Å². The molecule has 3 heteroatoms. The number of hydrogen-bond donors (Lipinski definition) is 1. The fourth-order valence-electron chi connectivity index (χ4n) is 4.06. The van der Waals surface area contributed by atoms with Crippen LogP contribution in [0.3, 0.4) is 0 Å². The van der Waals surface area contributed by atoms with Crippen LogP contribution in [0.1, 0.15) is 44.2 Å². The molecule has 1 amide bonds. The predicted molar refractivity (Wildman–Crippen MR) is 83.5 cm³/mol. The molecule has 1 spiro atoms. The molecular weight excluding hydrogens is 262 g/mol. The Labute approximate surface area is 127 Å². The fraction of sp³-hybridized carbons (Fsp3) is 0.611. The number of fused-ring (bicyclic) bond motifs is 1. The summed E-state index contributed by atoms with van der Waals surface area (Å²) in [6, 6.07) is 6.71. The second kappa shape index (κ2) is 5.36. The zero-order valence-electron chi connectivity index (χ0n) is 13.2. The average molecular weight is 287 g/mol. The lowest BCUT2D eigenvalue weighted by atomic mass is 9.66. The lowest BCUT2D eigenvalue weighted by molar-refractivity contribution is -0.119. The van der Waals surface area contributed by atoms with Crippen LogP contribution in [0.5, 0.6) is 5.75 Å². The number of ether oxygens (including phenoxy) is 1. The second-order valence-corrected chi connectivity index (χ2v) is 7.10. The van der Waals surface area contributed by atoms with Crippen molar-refractivity contribution < 1.29 is 9.53 Å². The van der Waals surface area contributed by atoms with Gasteiger partial charge in [-0.05, 0) is 54.9 Å². The maximum atomic E-state index is 12.0. The molecule has 0 aromatic heterocycles. The minimum Gasteiger partial charge on any atom is -0.497 e. The summed E-state index contributed by atoms with van der Waals surface area (Å²) in [6.07, 6.45) is 4.94. The minimum atomic E-state index is 0.112. The molecule has 21 heavy (non-hydrogen) atoms. The summed E-state index contributed by atoms with van der Waals surface area (Å²) < 4.78 is 5.36. The van der Waals surface area contributed by atoms with Gasteiger partial charge in [-0.1, -0.05) is 19.9 Å². The zero-order valence-corrected chi connectivity index (χ0v) is 13.2. The van der Waals surface area contributed by atoms with Crippen LogP contribution in [-0.2, 0) is 17.6 Å². The topological polar surface area (TPSA) is 38.3 Å². The van der Waals surface area contributed by atoms with Crippen LogP contribution in [0.15, 0.2) is 18.2 Å². The molecule has 3 nitrogen and oxygen atoms in total. The largest absolute Gasteiger partial charge is 0.497 e. The quantitative estimate of drug-likeness (QED) is 0.927. The Morgan fingerprint density at radius 1 is 1.33 bits per heavy atom. The first kappa shape index (κ1) is 14.4. The molecule has 1 fully saturated rings. The predicted octanol–water partition coefficient (Wildman–Crippen LogP) is 3.10. The molecule has 2 atom stereocenters. The van der Waals surface area contributed by atoms with Crippen molar-refractivity contribution in [3.63, 3.8) is 0 Å². The molecule has 3 rings (SSSR count). The van der Waals surface area contributed by atoms with Crippen molar-refractivity contribution >= 4 is 5.91 Å². The highest BCUT2D eigenvalue weighted by atomic mass is 16.5. The fourth-order valence-corrected chi connectivity index (χ4v) is 4.06. The molecule has 2 unspecified atom stereocenters. The van der Waals surface area contributed by atoms with E-state index in [0.717, 1.165) is 31.4 Å². The van der Waals surface area contributed by atoms with Gasteiger partial charge < -0.3 is 10.1 Å². The van der Waals surface area contributed by atoms with Crippen LogP contribution in [0.4, 0.5) is 0 Å². The Morgan fingerprint density at radius 2 is 2.14 bits per heavy atom. The Bertz CT molecular complexity index is 552. The summed E-state index contributed by atoms with van der Waals surface area (Å²) in [5, 5.41) is 3.23. The monoisotopic (exact) mass is 287 g/mol. The Kier molecular flexibility index (Phi) is 3.68. The van der Waals surface area contributed by atoms with E-state index >= 15 is 0 Å². The van der Waals surface area contributed by atoms with Gasteiger partial charge in [0.25, 0.3) is 0 Å². The molecular formula is C18H25NO2. The summed E-state index contributed by atoms with van der Waals surface area (Å²) >= 11 is 0. The van der Waals surface area contributed by atoms with E-state index in [2.05, 4.69) is 31.3 Å². The zero-order chi connectivity index (χ0) is 15.0. The number of aryl methyl sites for hydroxylation is 1. The summed E-state index contributed by atoms with van der Waals surface area (Å²) in [5.41, 5.74) is 2.90. The van der Waals surface area contributed by atoms with Gasteiger partial charge in [0.2, 0.25) is 5.91 Å². The van der Waals surface area contributed by atoms with Crippen LogP contribution >= 0.6 is 0 Å². The van der Waals surface area contributed by atoms with Gasteiger partial charge in [0.1, 0.15) is 5.75 Å². The molecule has 1 heterocycles. The lowest BCUT2D eigenvalue weighted by Crippen LogP contribution is -2.42. The SMILES string of the molecule is COc1ccc2c(c1)CC1(CC2)CC(=O)NC1CC(C)C. The summed E-state index contributed by atoms with van der Waals surface area (Å²) in [7, 11) is 1.71. The lowest BCUT2D eigenvalue weighted by Gasteiger charge is -2.39. The third-order valence-corrected chi connectivity index (χ3v) is 5.14. The third-order valence-electron chi connectivity index (χ3n) is 5.14. The van der Waals surface area contributed by atoms with Gasteiger partial charge in [0.05, 0.1) is 7.11 Å². The molecule has 1 aliphatic carbocycles. The standard InChI is InChI=1S/C18H25NO2/c1-12(2)8-16-18(11-17(20)19-16)7-6-13-4-5-15(21-3)9-14(13)10-18/h4-5,9,12,16H,6-8,10-11H2,1-3H3,(H,19,20). The average Bonchev–Trinajstić information content (AvgIpc) is 2.72. The number of rotatable bonds is 3. The Hall–Kier alpha value is -1.51. The van der Waals surface area contributed by atoms with Crippen LogP contribution in [0, 0.1) is 11.3 Å². The first-order valence-electron chi connectivity index (χ1n) is 7.97. The summed E-state index contributed by atoms with van der Waals surface area (Å²) in [6.45, 7) is 4.47. The number of nitrogens with one attached hydrogen (secondary N) is 1. The molecule has 0 saturated carbocycles. The van der Waals surface area contributed by atoms with Gasteiger partial charge in [-0.2, -0.15) is 0 Å². The van der Waals surface area contributed by atoms with Gasteiger partial charge in [-0.3, -0.25) is 4.79 Å². The van der Waals surface area contributed by atoms with Crippen molar-refractivity contribution in [2.24, 2.45) is 11.3 Å². The van der Waals surface area contributed by atoms with E-state index in [4.69, 9.17) is 4.74 Å². The molecule has 1 aliphatic heterocycles. The van der Waals surface area contributed by atoms with Crippen molar-refractivity contribution in [1.29, 1.82) is 0 Å². The highest BCUT2D eigenvalue weighted by Gasteiger charge is 2.48. The van der Waals surface area contributed by atoms with E-state index in [-0.39, 0.29) is 11.3 Å². The smallest absolute Gasteiger partial charge is 0.220 e. The van der Waals surface area contributed by atoms with Gasteiger partial charge in [0.15, 0.2) is 0 Å². The van der Waals surface area contributed by atoms with E-state index < -0.39 is 0 Å². The first-order valence-corrected chi connectivity index (χ1v) is 7.97. The molecule has 0 radical (unpaired) electrons. The molecule has 2 aliphatic rings. The van der Waals surface area contributed by atoms with E-state index in [1.54, 1.807) is 7.11 Å². The van der Waals surface area contributed by atoms with Gasteiger partial charge >= 0.3 is 0 Å². The molecule has 114 valence electrons. The number of amides is 1. The highest BCUT2D eigenvalue weighted by Crippen LogP contribution is 2.46.